The van der Waals surface area contributed by atoms with Crippen LogP contribution in [0.2, 0.25) is 0 Å². The van der Waals surface area contributed by atoms with Gasteiger partial charge in [-0.3, -0.25) is 4.40 Å². The third-order valence-corrected chi connectivity index (χ3v) is 7.49. The molecule has 4 heterocycles. The summed E-state index contributed by atoms with van der Waals surface area (Å²) in [6.07, 6.45) is 0. The third-order valence-electron chi connectivity index (χ3n) is 7.49. The minimum absolute atomic E-state index is 0.881. The molecule has 5 aromatic carbocycles. The maximum absolute atomic E-state index is 6.27. The average molecular weight is 460 g/mol. The highest BCUT2D eigenvalue weighted by Crippen LogP contribution is 2.44. The second-order valence-corrected chi connectivity index (χ2v) is 9.44. The van der Waals surface area contributed by atoms with E-state index in [9.17, 15) is 0 Å². The zero-order valence-electron chi connectivity index (χ0n) is 19.1. The van der Waals surface area contributed by atoms with E-state index in [1.165, 1.54) is 21.9 Å². The van der Waals surface area contributed by atoms with Crippen LogP contribution in [0, 0.1) is 0 Å². The summed E-state index contributed by atoms with van der Waals surface area (Å²) in [5, 5.41) is 5.76. The van der Waals surface area contributed by atoms with Crippen LogP contribution < -0.4 is 0 Å². The Morgan fingerprint density at radius 2 is 1.28 bits per heavy atom. The molecule has 9 aromatic rings. The fourth-order valence-electron chi connectivity index (χ4n) is 5.96. The summed E-state index contributed by atoms with van der Waals surface area (Å²) < 4.78 is 8.59. The van der Waals surface area contributed by atoms with E-state index < -0.39 is 0 Å². The zero-order chi connectivity index (χ0) is 23.4. The van der Waals surface area contributed by atoms with Gasteiger partial charge in [-0.05, 0) is 53.6 Å². The molecule has 0 aliphatic rings. The van der Waals surface area contributed by atoms with Crippen LogP contribution in [0.25, 0.3) is 82.5 Å². The Morgan fingerprint density at radius 1 is 0.528 bits per heavy atom. The third kappa shape index (κ3) is 2.19. The summed E-state index contributed by atoms with van der Waals surface area (Å²) in [6, 6.07) is 35.8. The highest BCUT2D eigenvalue weighted by molar-refractivity contribution is 6.30. The van der Waals surface area contributed by atoms with Crippen LogP contribution in [0.15, 0.2) is 108 Å². The lowest BCUT2D eigenvalue weighted by Crippen LogP contribution is -1.89. The number of hydrogen-bond donors (Lipinski definition) is 0. The first-order valence-electron chi connectivity index (χ1n) is 12.1. The molecule has 0 aliphatic heterocycles. The lowest BCUT2D eigenvalue weighted by Gasteiger charge is -2.04. The standard InChI is InChI=1S/C32H17N3O/c1-2-8-18(9-3-1)19-16-22-20-14-15-27-28(21-10-4-7-13-26(21)36-27)31(20)35-30(22)23(17-19)29-32(35)34-25-12-6-5-11-24(25)33-29/h1-17H. The number of para-hydroxylation sites is 3. The Morgan fingerprint density at radius 3 is 2.17 bits per heavy atom. The van der Waals surface area contributed by atoms with E-state index in [-0.39, 0.29) is 0 Å². The van der Waals surface area contributed by atoms with E-state index in [4.69, 9.17) is 14.4 Å². The molecule has 0 aliphatic carbocycles. The number of rotatable bonds is 1. The van der Waals surface area contributed by atoms with Gasteiger partial charge < -0.3 is 4.42 Å². The van der Waals surface area contributed by atoms with Gasteiger partial charge in [0, 0.05) is 21.5 Å². The number of benzene rings is 5. The van der Waals surface area contributed by atoms with Gasteiger partial charge in [-0.1, -0.05) is 60.7 Å². The summed E-state index contributed by atoms with van der Waals surface area (Å²) in [7, 11) is 0. The molecular formula is C32H17N3O. The van der Waals surface area contributed by atoms with Crippen LogP contribution >= 0.6 is 0 Å². The molecule has 0 radical (unpaired) electrons. The van der Waals surface area contributed by atoms with E-state index in [1.807, 2.05) is 36.4 Å². The first-order chi connectivity index (χ1) is 17.8. The number of nitrogens with zero attached hydrogens (tertiary/aromatic N) is 3. The quantitative estimate of drug-likeness (QED) is 0.248. The Hall–Kier alpha value is -4.96. The molecule has 0 amide bonds. The molecular weight excluding hydrogens is 442 g/mol. The van der Waals surface area contributed by atoms with Crippen molar-refractivity contribution in [1.82, 2.24) is 14.4 Å². The summed E-state index contributed by atoms with van der Waals surface area (Å²) in [6.45, 7) is 0. The van der Waals surface area contributed by atoms with Crippen molar-refractivity contribution in [2.45, 2.75) is 0 Å². The van der Waals surface area contributed by atoms with E-state index in [2.05, 4.69) is 71.1 Å². The molecule has 4 nitrogen and oxygen atoms in total. The number of aromatic nitrogens is 3. The molecule has 4 aromatic heterocycles. The van der Waals surface area contributed by atoms with Gasteiger partial charge in [-0.15, -0.1) is 0 Å². The van der Waals surface area contributed by atoms with Crippen molar-refractivity contribution in [2.24, 2.45) is 0 Å². The summed E-state index contributed by atoms with van der Waals surface area (Å²) in [4.78, 5) is 10.3. The molecule has 0 N–H and O–H groups in total. The normalized spacial score (nSPS) is 12.4. The molecule has 0 spiro atoms. The van der Waals surface area contributed by atoms with Gasteiger partial charge in [0.15, 0.2) is 5.65 Å². The van der Waals surface area contributed by atoms with Gasteiger partial charge in [0.1, 0.15) is 16.7 Å². The van der Waals surface area contributed by atoms with Crippen molar-refractivity contribution in [1.29, 1.82) is 0 Å². The minimum Gasteiger partial charge on any atom is -0.456 e. The highest BCUT2D eigenvalue weighted by atomic mass is 16.3. The van der Waals surface area contributed by atoms with Crippen molar-refractivity contribution in [3.8, 4) is 11.1 Å². The van der Waals surface area contributed by atoms with Gasteiger partial charge in [0.05, 0.1) is 27.5 Å². The van der Waals surface area contributed by atoms with E-state index >= 15 is 0 Å². The van der Waals surface area contributed by atoms with Crippen LogP contribution in [0.4, 0.5) is 0 Å². The summed E-state index contributed by atoms with van der Waals surface area (Å²) in [5.41, 5.74) is 10.0. The van der Waals surface area contributed by atoms with Crippen molar-refractivity contribution < 1.29 is 4.42 Å². The molecule has 0 saturated carbocycles. The van der Waals surface area contributed by atoms with Gasteiger partial charge in [-0.2, -0.15) is 0 Å². The Balaban J connectivity index is 1.60. The van der Waals surface area contributed by atoms with E-state index in [0.29, 0.717) is 0 Å². The first kappa shape index (κ1) is 18.4. The van der Waals surface area contributed by atoms with Crippen LogP contribution in [0.3, 0.4) is 0 Å². The monoisotopic (exact) mass is 459 g/mol. The molecule has 0 bridgehead atoms. The predicted molar refractivity (Wildman–Crippen MR) is 147 cm³/mol. The average Bonchev–Trinajstić information content (AvgIpc) is 3.58. The van der Waals surface area contributed by atoms with Crippen molar-refractivity contribution in [3.63, 3.8) is 0 Å². The SMILES string of the molecule is c1ccc(-c2cc3c4ccc5oc6ccccc6c5c4n4c5nc6ccccc6nc5c(c2)c34)cc1. The largest absolute Gasteiger partial charge is 0.456 e. The molecule has 0 saturated heterocycles. The van der Waals surface area contributed by atoms with Crippen LogP contribution in [-0.2, 0) is 0 Å². The topological polar surface area (TPSA) is 43.3 Å². The van der Waals surface area contributed by atoms with Gasteiger partial charge >= 0.3 is 0 Å². The minimum atomic E-state index is 0.881. The van der Waals surface area contributed by atoms with E-state index in [0.717, 1.165) is 60.6 Å². The number of hydrogen-bond acceptors (Lipinski definition) is 3. The second-order valence-electron chi connectivity index (χ2n) is 9.44. The van der Waals surface area contributed by atoms with Gasteiger partial charge in [-0.25, -0.2) is 9.97 Å². The highest BCUT2D eigenvalue weighted by Gasteiger charge is 2.24. The summed E-state index contributed by atoms with van der Waals surface area (Å²) >= 11 is 0. The molecule has 0 atom stereocenters. The van der Waals surface area contributed by atoms with Crippen molar-refractivity contribution >= 4 is 71.3 Å². The lowest BCUT2D eigenvalue weighted by molar-refractivity contribution is 0.669. The van der Waals surface area contributed by atoms with Crippen molar-refractivity contribution in [2.75, 3.05) is 0 Å². The van der Waals surface area contributed by atoms with Gasteiger partial charge in [0.2, 0.25) is 0 Å². The number of furan rings is 1. The zero-order valence-corrected chi connectivity index (χ0v) is 19.1. The Kier molecular flexibility index (Phi) is 3.25. The predicted octanol–water partition coefficient (Wildman–Crippen LogP) is 8.35. The Bertz CT molecular complexity index is 2310. The maximum atomic E-state index is 6.27. The molecule has 9 rings (SSSR count). The fraction of sp³-hybridized carbons (Fsp3) is 0. The smallest absolute Gasteiger partial charge is 0.165 e. The lowest BCUT2D eigenvalue weighted by atomic mass is 10.00. The molecule has 0 fully saturated rings. The fourth-order valence-corrected chi connectivity index (χ4v) is 5.96. The second kappa shape index (κ2) is 6.37. The Labute approximate surface area is 204 Å². The molecule has 4 heteroatoms. The first-order valence-corrected chi connectivity index (χ1v) is 12.1. The number of fused-ring (bicyclic) bond motifs is 11. The van der Waals surface area contributed by atoms with Crippen LogP contribution in [0.5, 0.6) is 0 Å². The van der Waals surface area contributed by atoms with Gasteiger partial charge in [0.25, 0.3) is 0 Å². The van der Waals surface area contributed by atoms with E-state index in [1.54, 1.807) is 0 Å². The van der Waals surface area contributed by atoms with Crippen LogP contribution in [-0.4, -0.2) is 14.4 Å². The van der Waals surface area contributed by atoms with Crippen molar-refractivity contribution in [3.05, 3.63) is 103 Å². The summed E-state index contributed by atoms with van der Waals surface area (Å²) in [5.74, 6) is 0. The molecule has 36 heavy (non-hydrogen) atoms. The molecule has 166 valence electrons. The molecule has 0 unspecified atom stereocenters. The maximum Gasteiger partial charge on any atom is 0.165 e. The van der Waals surface area contributed by atoms with Crippen LogP contribution in [0.1, 0.15) is 0 Å².